The van der Waals surface area contributed by atoms with Gasteiger partial charge in [0.05, 0.1) is 32.5 Å². The van der Waals surface area contributed by atoms with E-state index < -0.39 is 37.9 Å². The number of ether oxygens (including phenoxy) is 2. The molecule has 0 aromatic heterocycles. The number of rotatable bonds is 15. The van der Waals surface area contributed by atoms with Crippen LogP contribution < -0.4 is 5.32 Å². The van der Waals surface area contributed by atoms with Gasteiger partial charge < -0.3 is 9.47 Å². The second kappa shape index (κ2) is 14.3. The zero-order chi connectivity index (χ0) is 23.3. The van der Waals surface area contributed by atoms with Crippen LogP contribution in [0.3, 0.4) is 0 Å². The van der Waals surface area contributed by atoms with Gasteiger partial charge >= 0.3 is 19.8 Å². The van der Waals surface area contributed by atoms with Gasteiger partial charge in [0.1, 0.15) is 6.04 Å². The van der Waals surface area contributed by atoms with E-state index in [1.54, 1.807) is 52.0 Å². The molecule has 0 heterocycles. The number of phosphoric ester groups is 1. The normalized spacial score (nSPS) is 14.5. The maximum absolute atomic E-state index is 13.1. The van der Waals surface area contributed by atoms with E-state index in [1.165, 1.54) is 0 Å². The molecule has 0 saturated carbocycles. The number of phosphoric acid groups is 1. The monoisotopic (exact) mass is 459 g/mol. The summed E-state index contributed by atoms with van der Waals surface area (Å²) >= 11 is 0. The molecule has 0 fully saturated rings. The Morgan fingerprint density at radius 1 is 0.871 bits per heavy atom. The van der Waals surface area contributed by atoms with Gasteiger partial charge in [0.25, 0.3) is 0 Å². The van der Waals surface area contributed by atoms with Crippen LogP contribution in [0.4, 0.5) is 0 Å². The second-order valence-corrected chi connectivity index (χ2v) is 7.95. The van der Waals surface area contributed by atoms with Crippen molar-refractivity contribution in [3.63, 3.8) is 0 Å². The minimum absolute atomic E-state index is 0.0522. The molecule has 1 aromatic carbocycles. The van der Waals surface area contributed by atoms with Crippen molar-refractivity contribution in [1.29, 1.82) is 0 Å². The van der Waals surface area contributed by atoms with Crippen molar-refractivity contribution in [3.05, 3.63) is 35.9 Å². The lowest BCUT2D eigenvalue weighted by Crippen LogP contribution is -2.47. The number of benzene rings is 1. The molecule has 0 spiro atoms. The number of carbonyl (C=O) groups excluding carboxylic acids is 2. The molecule has 1 aromatic rings. The highest BCUT2D eigenvalue weighted by molar-refractivity contribution is 7.48. The minimum atomic E-state index is -4.07. The summed E-state index contributed by atoms with van der Waals surface area (Å²) in [6.07, 6.45) is -1.01. The summed E-state index contributed by atoms with van der Waals surface area (Å²) in [7, 11) is -4.07. The third-order valence-corrected chi connectivity index (χ3v) is 5.79. The van der Waals surface area contributed by atoms with Gasteiger partial charge in [-0.1, -0.05) is 37.3 Å². The van der Waals surface area contributed by atoms with Gasteiger partial charge in [-0.2, -0.15) is 0 Å². The van der Waals surface area contributed by atoms with Crippen molar-refractivity contribution in [2.75, 3.05) is 26.4 Å². The molecule has 0 aliphatic carbocycles. The van der Waals surface area contributed by atoms with Gasteiger partial charge in [0.2, 0.25) is 0 Å². The summed E-state index contributed by atoms with van der Waals surface area (Å²) in [5, 5.41) is 3.12. The Labute approximate surface area is 184 Å². The van der Waals surface area contributed by atoms with Gasteiger partial charge in [0, 0.05) is 0 Å². The summed E-state index contributed by atoms with van der Waals surface area (Å²) in [6, 6.07) is 7.28. The summed E-state index contributed by atoms with van der Waals surface area (Å²) in [5.74, 6) is -1.23. The van der Waals surface area contributed by atoms with Gasteiger partial charge in [-0.3, -0.25) is 23.7 Å². The summed E-state index contributed by atoms with van der Waals surface area (Å²) < 4.78 is 39.5. The van der Waals surface area contributed by atoms with E-state index in [9.17, 15) is 14.2 Å². The topological polar surface area (TPSA) is 109 Å². The van der Waals surface area contributed by atoms with Gasteiger partial charge in [-0.05, 0) is 39.7 Å². The Kier molecular flexibility index (Phi) is 12.6. The third-order valence-electron chi connectivity index (χ3n) is 4.16. The lowest BCUT2D eigenvalue weighted by molar-refractivity contribution is -0.156. The zero-order valence-corrected chi connectivity index (χ0v) is 19.8. The van der Waals surface area contributed by atoms with Crippen LogP contribution in [0.15, 0.2) is 30.3 Å². The van der Waals surface area contributed by atoms with Crippen molar-refractivity contribution in [2.45, 2.75) is 59.2 Å². The van der Waals surface area contributed by atoms with Crippen LogP contribution in [-0.4, -0.2) is 50.5 Å². The van der Waals surface area contributed by atoms with E-state index in [0.717, 1.165) is 0 Å². The highest BCUT2D eigenvalue weighted by atomic mass is 31.2. The number of carbonyl (C=O) groups is 2. The van der Waals surface area contributed by atoms with Crippen molar-refractivity contribution >= 4 is 19.8 Å². The maximum atomic E-state index is 13.1. The van der Waals surface area contributed by atoms with Crippen LogP contribution in [0.1, 0.15) is 52.6 Å². The molecule has 0 saturated heterocycles. The Morgan fingerprint density at radius 2 is 1.42 bits per heavy atom. The van der Waals surface area contributed by atoms with Crippen molar-refractivity contribution < 1.29 is 37.2 Å². The molecule has 3 atom stereocenters. The molecule has 10 heteroatoms. The smallest absolute Gasteiger partial charge is 0.465 e. The van der Waals surface area contributed by atoms with Crippen LogP contribution in [0, 0.1) is 0 Å². The first-order valence-corrected chi connectivity index (χ1v) is 12.0. The Hall–Kier alpha value is -1.77. The summed E-state index contributed by atoms with van der Waals surface area (Å²) in [6.45, 7) is 8.85. The standard InChI is InChI=1S/C21H34NO8P/c1-6-17(20(23)26-7-2)22-18(16-14-12-11-13-15-16)19(21(24)27-8-3)30-31(25,28-9-4)29-10-5/h11-15,17-19,22H,6-10H2,1-5H3/t17?,18-,19-/m1/s1. The molecule has 176 valence electrons. The summed E-state index contributed by atoms with van der Waals surface area (Å²) in [4.78, 5) is 25.3. The largest absolute Gasteiger partial charge is 0.475 e. The fourth-order valence-electron chi connectivity index (χ4n) is 2.85. The molecular weight excluding hydrogens is 425 g/mol. The molecule has 0 radical (unpaired) electrons. The van der Waals surface area contributed by atoms with Gasteiger partial charge in [0.15, 0.2) is 6.10 Å². The molecule has 1 rings (SSSR count). The van der Waals surface area contributed by atoms with Crippen LogP contribution >= 0.6 is 7.82 Å². The molecule has 0 bridgehead atoms. The predicted molar refractivity (Wildman–Crippen MR) is 115 cm³/mol. The highest BCUT2D eigenvalue weighted by Crippen LogP contribution is 2.51. The van der Waals surface area contributed by atoms with Crippen LogP contribution in [0.5, 0.6) is 0 Å². The zero-order valence-electron chi connectivity index (χ0n) is 18.9. The van der Waals surface area contributed by atoms with E-state index in [-0.39, 0.29) is 26.4 Å². The molecule has 31 heavy (non-hydrogen) atoms. The number of hydrogen-bond donors (Lipinski definition) is 1. The molecule has 0 amide bonds. The quantitative estimate of drug-likeness (QED) is 0.309. The lowest BCUT2D eigenvalue weighted by Gasteiger charge is -2.31. The van der Waals surface area contributed by atoms with Crippen molar-refractivity contribution in [3.8, 4) is 0 Å². The first-order valence-electron chi connectivity index (χ1n) is 10.6. The number of hydrogen-bond acceptors (Lipinski definition) is 9. The lowest BCUT2D eigenvalue weighted by atomic mass is 9.99. The fourth-order valence-corrected chi connectivity index (χ4v) is 4.16. The fraction of sp³-hybridized carbons (Fsp3) is 0.619. The molecule has 0 aliphatic heterocycles. The molecule has 0 aliphatic rings. The van der Waals surface area contributed by atoms with E-state index in [4.69, 9.17) is 23.0 Å². The number of esters is 2. The summed E-state index contributed by atoms with van der Waals surface area (Å²) in [5.41, 5.74) is 0.628. The number of nitrogens with one attached hydrogen (secondary N) is 1. The SMILES string of the molecule is CCOC(=O)C(CC)N[C@H](c1ccccc1)[C@@H](OP(=O)(OCC)OCC)C(=O)OCC. The van der Waals surface area contributed by atoms with E-state index in [2.05, 4.69) is 5.32 Å². The first-order chi connectivity index (χ1) is 14.9. The Morgan fingerprint density at radius 3 is 1.90 bits per heavy atom. The van der Waals surface area contributed by atoms with E-state index in [0.29, 0.717) is 12.0 Å². The second-order valence-electron chi connectivity index (χ2n) is 6.33. The molecule has 1 N–H and O–H groups in total. The first kappa shape index (κ1) is 27.3. The Bertz CT molecular complexity index is 705. The van der Waals surface area contributed by atoms with Crippen molar-refractivity contribution in [2.24, 2.45) is 0 Å². The van der Waals surface area contributed by atoms with Crippen LogP contribution in [-0.2, 0) is 37.2 Å². The molecule has 9 nitrogen and oxygen atoms in total. The molecular formula is C21H34NO8P. The third kappa shape index (κ3) is 8.71. The predicted octanol–water partition coefficient (Wildman–Crippen LogP) is 3.79. The van der Waals surface area contributed by atoms with E-state index in [1.807, 2.05) is 13.0 Å². The maximum Gasteiger partial charge on any atom is 0.475 e. The highest BCUT2D eigenvalue weighted by Gasteiger charge is 2.41. The van der Waals surface area contributed by atoms with Gasteiger partial charge in [-0.25, -0.2) is 9.36 Å². The van der Waals surface area contributed by atoms with Gasteiger partial charge in [-0.15, -0.1) is 0 Å². The Balaban J connectivity index is 3.41. The average Bonchev–Trinajstić information content (AvgIpc) is 2.74. The minimum Gasteiger partial charge on any atom is -0.465 e. The van der Waals surface area contributed by atoms with E-state index >= 15 is 0 Å². The van der Waals surface area contributed by atoms with Crippen LogP contribution in [0.2, 0.25) is 0 Å². The molecule has 1 unspecified atom stereocenters. The van der Waals surface area contributed by atoms with Crippen molar-refractivity contribution in [1.82, 2.24) is 5.32 Å². The van der Waals surface area contributed by atoms with Crippen LogP contribution in [0.25, 0.3) is 0 Å². The average molecular weight is 459 g/mol.